The number of carbonyl (C=O) groups excluding carboxylic acids is 1. The zero-order valence-electron chi connectivity index (χ0n) is 10.7. The Kier molecular flexibility index (Phi) is 3.32. The number of hydrogen-bond acceptors (Lipinski definition) is 4. The van der Waals surface area contributed by atoms with Gasteiger partial charge in [0.15, 0.2) is 0 Å². The number of amides is 2. The van der Waals surface area contributed by atoms with E-state index in [-0.39, 0.29) is 23.8 Å². The molecule has 3 rings (SSSR count). The number of anilines is 1. The van der Waals surface area contributed by atoms with Crippen LogP contribution in [0.15, 0.2) is 28.7 Å². The SMILES string of the molecule is O=C(Nc1nnc(-c2ccc(F)cc2)o1)N1CCCC1. The van der Waals surface area contributed by atoms with E-state index in [2.05, 4.69) is 15.5 Å². The average Bonchev–Trinajstić information content (AvgIpc) is 3.10. The Morgan fingerprint density at radius 3 is 2.60 bits per heavy atom. The summed E-state index contributed by atoms with van der Waals surface area (Å²) >= 11 is 0. The highest BCUT2D eigenvalue weighted by atomic mass is 19.1. The van der Waals surface area contributed by atoms with Crippen LogP contribution in [0.1, 0.15) is 12.8 Å². The van der Waals surface area contributed by atoms with E-state index in [9.17, 15) is 9.18 Å². The van der Waals surface area contributed by atoms with E-state index in [1.807, 2.05) is 0 Å². The molecule has 0 spiro atoms. The van der Waals surface area contributed by atoms with Crippen LogP contribution >= 0.6 is 0 Å². The van der Waals surface area contributed by atoms with Crippen molar-refractivity contribution in [3.8, 4) is 11.5 Å². The second kappa shape index (κ2) is 5.28. The van der Waals surface area contributed by atoms with Crippen molar-refractivity contribution in [1.82, 2.24) is 15.1 Å². The second-order valence-corrected chi connectivity index (χ2v) is 4.54. The zero-order valence-corrected chi connectivity index (χ0v) is 10.7. The van der Waals surface area contributed by atoms with Crippen LogP contribution in [0.4, 0.5) is 15.2 Å². The number of urea groups is 1. The lowest BCUT2D eigenvalue weighted by Crippen LogP contribution is -2.32. The number of carbonyl (C=O) groups is 1. The lowest BCUT2D eigenvalue weighted by molar-refractivity contribution is 0.222. The van der Waals surface area contributed by atoms with Crippen LogP contribution in [0.3, 0.4) is 0 Å². The van der Waals surface area contributed by atoms with Gasteiger partial charge in [0.25, 0.3) is 0 Å². The third-order valence-electron chi connectivity index (χ3n) is 3.12. The van der Waals surface area contributed by atoms with Crippen molar-refractivity contribution in [2.45, 2.75) is 12.8 Å². The van der Waals surface area contributed by atoms with E-state index in [0.29, 0.717) is 5.56 Å². The van der Waals surface area contributed by atoms with Crippen LogP contribution in [0.5, 0.6) is 0 Å². The van der Waals surface area contributed by atoms with Crippen LogP contribution in [0, 0.1) is 5.82 Å². The molecule has 0 bridgehead atoms. The van der Waals surface area contributed by atoms with Crippen LogP contribution < -0.4 is 5.32 Å². The number of halogens is 1. The first-order valence-electron chi connectivity index (χ1n) is 6.38. The molecule has 1 aromatic carbocycles. The highest BCUT2D eigenvalue weighted by Crippen LogP contribution is 2.20. The normalized spacial score (nSPS) is 14.6. The predicted octanol–water partition coefficient (Wildman–Crippen LogP) is 2.50. The summed E-state index contributed by atoms with van der Waals surface area (Å²) in [4.78, 5) is 13.5. The van der Waals surface area contributed by atoms with Gasteiger partial charge in [0.2, 0.25) is 5.89 Å². The highest BCUT2D eigenvalue weighted by molar-refractivity contribution is 5.87. The topological polar surface area (TPSA) is 71.3 Å². The van der Waals surface area contributed by atoms with Crippen molar-refractivity contribution in [3.63, 3.8) is 0 Å². The zero-order chi connectivity index (χ0) is 13.9. The number of benzene rings is 1. The smallest absolute Gasteiger partial charge is 0.325 e. The number of aromatic nitrogens is 2. The summed E-state index contributed by atoms with van der Waals surface area (Å²) in [6.07, 6.45) is 2.02. The van der Waals surface area contributed by atoms with Gasteiger partial charge in [0.1, 0.15) is 5.82 Å². The molecule has 0 radical (unpaired) electrons. The van der Waals surface area contributed by atoms with Crippen LogP contribution in [0.25, 0.3) is 11.5 Å². The third-order valence-corrected chi connectivity index (χ3v) is 3.12. The van der Waals surface area contributed by atoms with E-state index < -0.39 is 0 Å². The fourth-order valence-electron chi connectivity index (χ4n) is 2.07. The Bertz CT molecular complexity index is 605. The van der Waals surface area contributed by atoms with E-state index >= 15 is 0 Å². The van der Waals surface area contributed by atoms with Gasteiger partial charge in [-0.15, -0.1) is 5.10 Å². The Hall–Kier alpha value is -2.44. The fourth-order valence-corrected chi connectivity index (χ4v) is 2.07. The summed E-state index contributed by atoms with van der Waals surface area (Å²) in [7, 11) is 0. The molecule has 0 unspecified atom stereocenters. The van der Waals surface area contributed by atoms with Crippen LogP contribution in [-0.4, -0.2) is 34.2 Å². The summed E-state index contributed by atoms with van der Waals surface area (Å²) in [5.74, 6) is -0.0995. The number of rotatable bonds is 2. The van der Waals surface area contributed by atoms with Crippen molar-refractivity contribution in [2.24, 2.45) is 0 Å². The van der Waals surface area contributed by atoms with Gasteiger partial charge < -0.3 is 9.32 Å². The third kappa shape index (κ3) is 2.61. The van der Waals surface area contributed by atoms with Crippen LogP contribution in [0.2, 0.25) is 0 Å². The molecule has 20 heavy (non-hydrogen) atoms. The van der Waals surface area contributed by atoms with Gasteiger partial charge in [0.05, 0.1) is 0 Å². The highest BCUT2D eigenvalue weighted by Gasteiger charge is 2.20. The summed E-state index contributed by atoms with van der Waals surface area (Å²) in [5.41, 5.74) is 0.598. The largest absolute Gasteiger partial charge is 0.403 e. The number of nitrogens with zero attached hydrogens (tertiary/aromatic N) is 3. The molecule has 1 aromatic heterocycles. The van der Waals surface area contributed by atoms with Gasteiger partial charge in [0, 0.05) is 18.7 Å². The van der Waals surface area contributed by atoms with Crippen molar-refractivity contribution >= 4 is 12.0 Å². The average molecular weight is 276 g/mol. The summed E-state index contributed by atoms with van der Waals surface area (Å²) in [6, 6.07) is 5.49. The maximum absolute atomic E-state index is 12.8. The van der Waals surface area contributed by atoms with Gasteiger partial charge in [-0.25, -0.2) is 9.18 Å². The molecule has 1 aliphatic rings. The predicted molar refractivity (Wildman–Crippen MR) is 69.5 cm³/mol. The fraction of sp³-hybridized carbons (Fsp3) is 0.308. The van der Waals surface area contributed by atoms with Crippen molar-refractivity contribution < 1.29 is 13.6 Å². The lowest BCUT2D eigenvalue weighted by Gasteiger charge is -2.13. The minimum Gasteiger partial charge on any atom is -0.403 e. The molecule has 104 valence electrons. The lowest BCUT2D eigenvalue weighted by atomic mass is 10.2. The first kappa shape index (κ1) is 12.6. The molecule has 0 aliphatic carbocycles. The molecule has 1 N–H and O–H groups in total. The molecule has 1 saturated heterocycles. The Balaban J connectivity index is 1.70. The monoisotopic (exact) mass is 276 g/mol. The van der Waals surface area contributed by atoms with E-state index in [1.165, 1.54) is 24.3 Å². The maximum atomic E-state index is 12.8. The maximum Gasteiger partial charge on any atom is 0.325 e. The standard InChI is InChI=1S/C13H13FN4O2/c14-10-5-3-9(4-6-10)11-16-17-12(20-11)15-13(19)18-7-1-2-8-18/h3-6H,1-2,7-8H2,(H,15,17,19). The number of hydrogen-bond donors (Lipinski definition) is 1. The molecule has 7 heteroatoms. The van der Waals surface area contributed by atoms with Gasteiger partial charge in [-0.05, 0) is 37.1 Å². The van der Waals surface area contributed by atoms with E-state index in [4.69, 9.17) is 4.42 Å². The molecule has 2 amide bonds. The molecule has 0 saturated carbocycles. The molecular weight excluding hydrogens is 263 g/mol. The number of nitrogens with one attached hydrogen (secondary N) is 1. The minimum absolute atomic E-state index is 0.0428. The summed E-state index contributed by atoms with van der Waals surface area (Å²) in [6.45, 7) is 1.48. The van der Waals surface area contributed by atoms with Crippen molar-refractivity contribution in [2.75, 3.05) is 18.4 Å². The molecule has 2 heterocycles. The molecular formula is C13H13FN4O2. The number of likely N-dealkylation sites (tertiary alicyclic amines) is 1. The molecule has 1 fully saturated rings. The summed E-state index contributed by atoms with van der Waals surface area (Å²) < 4.78 is 18.2. The van der Waals surface area contributed by atoms with Crippen molar-refractivity contribution in [1.29, 1.82) is 0 Å². The molecule has 6 nitrogen and oxygen atoms in total. The van der Waals surface area contributed by atoms with Crippen LogP contribution in [-0.2, 0) is 0 Å². The van der Waals surface area contributed by atoms with E-state index in [0.717, 1.165) is 25.9 Å². The van der Waals surface area contributed by atoms with Crippen molar-refractivity contribution in [3.05, 3.63) is 30.1 Å². The molecule has 0 atom stereocenters. The van der Waals surface area contributed by atoms with E-state index in [1.54, 1.807) is 4.90 Å². The Morgan fingerprint density at radius 1 is 1.20 bits per heavy atom. The Labute approximate surface area is 114 Å². The summed E-state index contributed by atoms with van der Waals surface area (Å²) in [5, 5.41) is 10.1. The molecule has 2 aromatic rings. The first-order valence-corrected chi connectivity index (χ1v) is 6.38. The van der Waals surface area contributed by atoms with Gasteiger partial charge >= 0.3 is 12.0 Å². The van der Waals surface area contributed by atoms with Gasteiger partial charge in [-0.3, -0.25) is 5.32 Å². The van der Waals surface area contributed by atoms with Gasteiger partial charge in [-0.1, -0.05) is 5.10 Å². The van der Waals surface area contributed by atoms with Gasteiger partial charge in [-0.2, -0.15) is 0 Å². The second-order valence-electron chi connectivity index (χ2n) is 4.54. The molecule has 1 aliphatic heterocycles. The first-order chi connectivity index (χ1) is 9.72. The quantitative estimate of drug-likeness (QED) is 0.914. The minimum atomic E-state index is -0.337. The Morgan fingerprint density at radius 2 is 1.90 bits per heavy atom.